The van der Waals surface area contributed by atoms with Crippen molar-refractivity contribution in [3.8, 4) is 0 Å². The van der Waals surface area contributed by atoms with Gasteiger partial charge in [-0.3, -0.25) is 0 Å². The van der Waals surface area contributed by atoms with Crippen molar-refractivity contribution in [1.82, 2.24) is 14.9 Å². The van der Waals surface area contributed by atoms with Crippen molar-refractivity contribution in [3.63, 3.8) is 0 Å². The van der Waals surface area contributed by atoms with Crippen LogP contribution in [0.5, 0.6) is 0 Å². The molecule has 0 N–H and O–H groups in total. The van der Waals surface area contributed by atoms with E-state index in [9.17, 15) is 13.2 Å². The number of hydrogen-bond acceptors (Lipinski definition) is 4. The van der Waals surface area contributed by atoms with Crippen LogP contribution < -0.4 is 4.90 Å². The zero-order valence-electron chi connectivity index (χ0n) is 12.3. The van der Waals surface area contributed by atoms with Gasteiger partial charge in [0.15, 0.2) is 0 Å². The van der Waals surface area contributed by atoms with Crippen molar-refractivity contribution in [2.75, 3.05) is 37.6 Å². The maximum Gasteiger partial charge on any atom is 0.451 e. The van der Waals surface area contributed by atoms with Crippen LogP contribution in [0.3, 0.4) is 0 Å². The fourth-order valence-electron chi connectivity index (χ4n) is 2.70. The first-order chi connectivity index (χ1) is 10.5. The lowest BCUT2D eigenvalue weighted by Gasteiger charge is -2.35. The Kier molecular flexibility index (Phi) is 3.90. The maximum absolute atomic E-state index is 13.0. The summed E-state index contributed by atoms with van der Waals surface area (Å²) in [6.45, 7) is 6.04. The van der Waals surface area contributed by atoms with Gasteiger partial charge in [-0.2, -0.15) is 13.2 Å². The summed E-state index contributed by atoms with van der Waals surface area (Å²) in [6.07, 6.45) is -4.54. The van der Waals surface area contributed by atoms with E-state index < -0.39 is 12.0 Å². The van der Waals surface area contributed by atoms with Gasteiger partial charge in [0.2, 0.25) is 5.82 Å². The lowest BCUT2D eigenvalue weighted by atomic mass is 10.2. The Hall–Kier alpha value is -1.89. The molecule has 1 saturated heterocycles. The first-order valence-electron chi connectivity index (χ1n) is 7.30. The second-order valence-corrected chi connectivity index (χ2v) is 5.31. The van der Waals surface area contributed by atoms with Crippen LogP contribution in [0, 0.1) is 0 Å². The van der Waals surface area contributed by atoms with Crippen LogP contribution in [0.1, 0.15) is 12.7 Å². The molecule has 0 saturated carbocycles. The van der Waals surface area contributed by atoms with Crippen LogP contribution in [-0.4, -0.2) is 47.6 Å². The lowest BCUT2D eigenvalue weighted by Crippen LogP contribution is -2.46. The molecule has 0 bridgehead atoms. The Morgan fingerprint density at radius 2 is 1.73 bits per heavy atom. The standard InChI is InChI=1S/C15H17F3N4/c1-2-21-7-9-22(10-8-21)13-11-5-3-4-6-12(11)19-14(20-13)15(16,17)18/h3-6H,2,7-10H2,1H3. The second-order valence-electron chi connectivity index (χ2n) is 5.31. The summed E-state index contributed by atoms with van der Waals surface area (Å²) in [5.74, 6) is -0.687. The molecule has 0 amide bonds. The molecular formula is C15H17F3N4. The molecule has 118 valence electrons. The molecule has 4 nitrogen and oxygen atoms in total. The Labute approximate surface area is 126 Å². The average Bonchev–Trinajstić information content (AvgIpc) is 2.53. The highest BCUT2D eigenvalue weighted by molar-refractivity contribution is 5.89. The molecule has 2 aromatic rings. The van der Waals surface area contributed by atoms with Gasteiger partial charge in [0.1, 0.15) is 5.82 Å². The van der Waals surface area contributed by atoms with Crippen molar-refractivity contribution in [1.29, 1.82) is 0 Å². The van der Waals surface area contributed by atoms with E-state index >= 15 is 0 Å². The van der Waals surface area contributed by atoms with Crippen LogP contribution in [0.4, 0.5) is 19.0 Å². The van der Waals surface area contributed by atoms with Crippen molar-refractivity contribution in [2.45, 2.75) is 13.1 Å². The maximum atomic E-state index is 13.0. The van der Waals surface area contributed by atoms with E-state index in [4.69, 9.17) is 0 Å². The Morgan fingerprint density at radius 1 is 1.05 bits per heavy atom. The number of fused-ring (bicyclic) bond motifs is 1. The van der Waals surface area contributed by atoms with E-state index in [-0.39, 0.29) is 0 Å². The van der Waals surface area contributed by atoms with Crippen LogP contribution in [0.25, 0.3) is 10.9 Å². The number of halogens is 3. The van der Waals surface area contributed by atoms with Gasteiger partial charge >= 0.3 is 6.18 Å². The molecule has 0 radical (unpaired) electrons. The first-order valence-corrected chi connectivity index (χ1v) is 7.30. The van der Waals surface area contributed by atoms with Gasteiger partial charge in [-0.15, -0.1) is 0 Å². The molecule has 0 aliphatic carbocycles. The summed E-state index contributed by atoms with van der Waals surface area (Å²) < 4.78 is 39.1. The molecule has 1 aromatic carbocycles. The number of likely N-dealkylation sites (N-methyl/N-ethyl adjacent to an activating group) is 1. The van der Waals surface area contributed by atoms with Gasteiger partial charge in [-0.1, -0.05) is 19.1 Å². The molecule has 7 heteroatoms. The molecule has 1 aliphatic heterocycles. The number of benzene rings is 1. The van der Waals surface area contributed by atoms with Crippen molar-refractivity contribution in [3.05, 3.63) is 30.1 Å². The zero-order valence-corrected chi connectivity index (χ0v) is 12.3. The third-order valence-electron chi connectivity index (χ3n) is 3.96. The SMILES string of the molecule is CCN1CCN(c2nc(C(F)(F)F)nc3ccccc23)CC1. The molecule has 1 fully saturated rings. The summed E-state index contributed by atoms with van der Waals surface area (Å²) in [4.78, 5) is 11.7. The minimum Gasteiger partial charge on any atom is -0.353 e. The van der Waals surface area contributed by atoms with E-state index in [1.54, 1.807) is 24.3 Å². The summed E-state index contributed by atoms with van der Waals surface area (Å²) in [5.41, 5.74) is 0.331. The number of anilines is 1. The van der Waals surface area contributed by atoms with E-state index in [0.29, 0.717) is 29.8 Å². The fraction of sp³-hybridized carbons (Fsp3) is 0.467. The van der Waals surface area contributed by atoms with Crippen LogP contribution in [-0.2, 0) is 6.18 Å². The monoisotopic (exact) mass is 310 g/mol. The Morgan fingerprint density at radius 3 is 2.36 bits per heavy atom. The van der Waals surface area contributed by atoms with Crippen LogP contribution in [0.2, 0.25) is 0 Å². The highest BCUT2D eigenvalue weighted by atomic mass is 19.4. The third kappa shape index (κ3) is 2.85. The normalized spacial score (nSPS) is 17.2. The number of piperazine rings is 1. The number of hydrogen-bond donors (Lipinski definition) is 0. The van der Waals surface area contributed by atoms with E-state index in [2.05, 4.69) is 21.8 Å². The molecule has 0 atom stereocenters. The van der Waals surface area contributed by atoms with Crippen molar-refractivity contribution < 1.29 is 13.2 Å². The Balaban J connectivity index is 2.04. The molecule has 1 aliphatic rings. The van der Waals surface area contributed by atoms with Gasteiger partial charge in [0.25, 0.3) is 0 Å². The summed E-state index contributed by atoms with van der Waals surface area (Å²) >= 11 is 0. The summed E-state index contributed by atoms with van der Waals surface area (Å²) in [5, 5.41) is 0.667. The predicted molar refractivity (Wildman–Crippen MR) is 78.9 cm³/mol. The number of alkyl halides is 3. The minimum absolute atomic E-state index is 0.331. The van der Waals surface area contributed by atoms with E-state index in [0.717, 1.165) is 19.6 Å². The summed E-state index contributed by atoms with van der Waals surface area (Å²) in [7, 11) is 0. The number of rotatable bonds is 2. The van der Waals surface area contributed by atoms with E-state index in [1.807, 2.05) is 4.90 Å². The lowest BCUT2D eigenvalue weighted by molar-refractivity contribution is -0.144. The van der Waals surface area contributed by atoms with Gasteiger partial charge in [0.05, 0.1) is 5.52 Å². The predicted octanol–water partition coefficient (Wildman–Crippen LogP) is 2.79. The molecular weight excluding hydrogens is 293 g/mol. The van der Waals surface area contributed by atoms with Gasteiger partial charge < -0.3 is 9.80 Å². The summed E-state index contributed by atoms with van der Waals surface area (Å²) in [6, 6.07) is 6.86. The zero-order chi connectivity index (χ0) is 15.7. The van der Waals surface area contributed by atoms with Crippen LogP contribution >= 0.6 is 0 Å². The van der Waals surface area contributed by atoms with E-state index in [1.165, 1.54) is 0 Å². The second kappa shape index (κ2) is 5.72. The topological polar surface area (TPSA) is 32.3 Å². The number of para-hydroxylation sites is 1. The molecule has 0 spiro atoms. The number of nitrogens with zero attached hydrogens (tertiary/aromatic N) is 4. The van der Waals surface area contributed by atoms with Gasteiger partial charge in [-0.05, 0) is 18.7 Å². The smallest absolute Gasteiger partial charge is 0.353 e. The third-order valence-corrected chi connectivity index (χ3v) is 3.96. The van der Waals surface area contributed by atoms with Crippen molar-refractivity contribution in [2.24, 2.45) is 0 Å². The molecule has 22 heavy (non-hydrogen) atoms. The average molecular weight is 310 g/mol. The first kappa shape index (κ1) is 15.0. The molecule has 3 rings (SSSR count). The minimum atomic E-state index is -4.54. The largest absolute Gasteiger partial charge is 0.451 e. The molecule has 0 unspecified atom stereocenters. The van der Waals surface area contributed by atoms with Crippen molar-refractivity contribution >= 4 is 16.7 Å². The van der Waals surface area contributed by atoms with Crippen LogP contribution in [0.15, 0.2) is 24.3 Å². The highest BCUT2D eigenvalue weighted by Crippen LogP contribution is 2.31. The Bertz CT molecular complexity index is 663. The number of aromatic nitrogens is 2. The van der Waals surface area contributed by atoms with Gasteiger partial charge in [-0.25, -0.2) is 9.97 Å². The fourth-order valence-corrected chi connectivity index (χ4v) is 2.70. The quantitative estimate of drug-likeness (QED) is 0.854. The molecule has 2 heterocycles. The van der Waals surface area contributed by atoms with Gasteiger partial charge in [0, 0.05) is 31.6 Å². The highest BCUT2D eigenvalue weighted by Gasteiger charge is 2.36. The molecule has 1 aromatic heterocycles.